The van der Waals surface area contributed by atoms with E-state index in [9.17, 15) is 9.90 Å². The van der Waals surface area contributed by atoms with E-state index >= 15 is 0 Å². The van der Waals surface area contributed by atoms with Gasteiger partial charge in [0.05, 0.1) is 6.20 Å². The van der Waals surface area contributed by atoms with Crippen molar-refractivity contribution in [3.63, 3.8) is 0 Å². The molecule has 0 amide bonds. The summed E-state index contributed by atoms with van der Waals surface area (Å²) in [7, 11) is 2.13. The van der Waals surface area contributed by atoms with Gasteiger partial charge in [0.25, 0.3) is 0 Å². The molecule has 1 saturated carbocycles. The van der Waals surface area contributed by atoms with Crippen LogP contribution in [-0.4, -0.2) is 32.6 Å². The van der Waals surface area contributed by atoms with E-state index in [1.807, 2.05) is 16.7 Å². The number of pyridine rings is 2. The SMILES string of the molecule is CN(Cc1cc(=O)c(O)cn1Cc1ccncc1)C1CCCCC1. The zero-order valence-corrected chi connectivity index (χ0v) is 14.2. The molecule has 2 aromatic rings. The summed E-state index contributed by atoms with van der Waals surface area (Å²) < 4.78 is 1.96. The van der Waals surface area contributed by atoms with Gasteiger partial charge in [-0.3, -0.25) is 14.7 Å². The van der Waals surface area contributed by atoms with Gasteiger partial charge in [-0.05, 0) is 37.6 Å². The second-order valence-corrected chi connectivity index (χ2v) is 6.70. The summed E-state index contributed by atoms with van der Waals surface area (Å²) >= 11 is 0. The van der Waals surface area contributed by atoms with Crippen molar-refractivity contribution in [3.8, 4) is 5.75 Å². The maximum atomic E-state index is 11.9. The standard InChI is InChI=1S/C19H25N3O2/c1-21(16-5-3-2-4-6-16)13-17-11-18(23)19(24)14-22(17)12-15-7-9-20-10-8-15/h7-11,14,16,24H,2-6,12-13H2,1H3. The zero-order chi connectivity index (χ0) is 16.9. The zero-order valence-electron chi connectivity index (χ0n) is 14.2. The molecule has 0 saturated heterocycles. The Morgan fingerprint density at radius 3 is 2.67 bits per heavy atom. The van der Waals surface area contributed by atoms with E-state index in [4.69, 9.17) is 0 Å². The molecule has 0 spiro atoms. The Bertz CT molecular complexity index is 721. The van der Waals surface area contributed by atoms with Crippen LogP contribution < -0.4 is 5.43 Å². The van der Waals surface area contributed by atoms with E-state index < -0.39 is 0 Å². The molecule has 0 bridgehead atoms. The summed E-state index contributed by atoms with van der Waals surface area (Å²) in [4.78, 5) is 18.3. The van der Waals surface area contributed by atoms with Gasteiger partial charge in [0.1, 0.15) is 0 Å². The van der Waals surface area contributed by atoms with Crippen molar-refractivity contribution in [2.75, 3.05) is 7.05 Å². The van der Waals surface area contributed by atoms with Crippen LogP contribution in [0, 0.1) is 0 Å². The second kappa shape index (κ2) is 7.62. The number of hydrogen-bond donors (Lipinski definition) is 1. The van der Waals surface area contributed by atoms with Crippen LogP contribution in [0.15, 0.2) is 41.6 Å². The van der Waals surface area contributed by atoms with Crippen molar-refractivity contribution in [1.29, 1.82) is 0 Å². The summed E-state index contributed by atoms with van der Waals surface area (Å²) in [5, 5.41) is 9.83. The molecule has 0 aromatic carbocycles. The third kappa shape index (κ3) is 4.03. The molecule has 1 aliphatic carbocycles. The maximum absolute atomic E-state index is 11.9. The van der Waals surface area contributed by atoms with E-state index in [1.54, 1.807) is 24.7 Å². The largest absolute Gasteiger partial charge is 0.503 e. The minimum atomic E-state index is -0.312. The Morgan fingerprint density at radius 2 is 1.96 bits per heavy atom. The van der Waals surface area contributed by atoms with Gasteiger partial charge in [0.2, 0.25) is 5.43 Å². The number of hydrogen-bond acceptors (Lipinski definition) is 4. The van der Waals surface area contributed by atoms with Crippen LogP contribution in [0.2, 0.25) is 0 Å². The molecule has 0 atom stereocenters. The Balaban J connectivity index is 1.82. The van der Waals surface area contributed by atoms with Crippen molar-refractivity contribution in [2.24, 2.45) is 0 Å². The number of aromatic nitrogens is 2. The van der Waals surface area contributed by atoms with Crippen molar-refractivity contribution in [3.05, 3.63) is 58.3 Å². The Hall–Kier alpha value is -2.14. The van der Waals surface area contributed by atoms with Gasteiger partial charge >= 0.3 is 0 Å². The van der Waals surface area contributed by atoms with Gasteiger partial charge in [-0.1, -0.05) is 19.3 Å². The fourth-order valence-electron chi connectivity index (χ4n) is 3.48. The molecule has 2 heterocycles. The van der Waals surface area contributed by atoms with Crippen LogP contribution in [-0.2, 0) is 13.1 Å². The average Bonchev–Trinajstić information content (AvgIpc) is 2.61. The molecule has 0 unspecified atom stereocenters. The Labute approximate surface area is 142 Å². The van der Waals surface area contributed by atoms with E-state index in [-0.39, 0.29) is 11.2 Å². The summed E-state index contributed by atoms with van der Waals surface area (Å²) in [6.45, 7) is 1.33. The van der Waals surface area contributed by atoms with Gasteiger partial charge in [0.15, 0.2) is 5.75 Å². The summed E-state index contributed by atoms with van der Waals surface area (Å²) in [6, 6.07) is 6.04. The number of nitrogens with zero attached hydrogens (tertiary/aromatic N) is 3. The van der Waals surface area contributed by atoms with E-state index in [1.165, 1.54) is 32.1 Å². The first-order valence-electron chi connectivity index (χ1n) is 8.65. The molecular formula is C19H25N3O2. The highest BCUT2D eigenvalue weighted by atomic mass is 16.3. The molecule has 0 aliphatic heterocycles. The predicted octanol–water partition coefficient (Wildman–Crippen LogP) is 2.76. The lowest BCUT2D eigenvalue weighted by Crippen LogP contribution is -2.34. The van der Waals surface area contributed by atoms with E-state index in [2.05, 4.69) is 16.9 Å². The van der Waals surface area contributed by atoms with Crippen LogP contribution in [0.25, 0.3) is 0 Å². The van der Waals surface area contributed by atoms with Crippen LogP contribution in [0.5, 0.6) is 5.75 Å². The Morgan fingerprint density at radius 1 is 1.25 bits per heavy atom. The third-order valence-electron chi connectivity index (χ3n) is 4.91. The van der Waals surface area contributed by atoms with Crippen LogP contribution in [0.3, 0.4) is 0 Å². The topological polar surface area (TPSA) is 58.4 Å². The van der Waals surface area contributed by atoms with Crippen molar-refractivity contribution in [1.82, 2.24) is 14.5 Å². The molecule has 3 rings (SSSR count). The molecule has 0 radical (unpaired) electrons. The Kier molecular flexibility index (Phi) is 5.30. The lowest BCUT2D eigenvalue weighted by molar-refractivity contribution is 0.180. The number of aromatic hydroxyl groups is 1. The lowest BCUT2D eigenvalue weighted by atomic mass is 9.94. The monoisotopic (exact) mass is 327 g/mol. The molecule has 1 aliphatic rings. The first-order chi connectivity index (χ1) is 11.6. The highest BCUT2D eigenvalue weighted by molar-refractivity contribution is 5.22. The molecule has 1 fully saturated rings. The fourth-order valence-corrected chi connectivity index (χ4v) is 3.48. The predicted molar refractivity (Wildman–Crippen MR) is 94.0 cm³/mol. The summed E-state index contributed by atoms with van der Waals surface area (Å²) in [5.41, 5.74) is 1.71. The lowest BCUT2D eigenvalue weighted by Gasteiger charge is -2.31. The third-order valence-corrected chi connectivity index (χ3v) is 4.91. The van der Waals surface area contributed by atoms with Crippen LogP contribution in [0.1, 0.15) is 43.4 Å². The molecule has 128 valence electrons. The molecular weight excluding hydrogens is 302 g/mol. The highest BCUT2D eigenvalue weighted by Gasteiger charge is 2.19. The summed E-state index contributed by atoms with van der Waals surface area (Å²) in [5.74, 6) is -0.201. The second-order valence-electron chi connectivity index (χ2n) is 6.70. The minimum absolute atomic E-state index is 0.201. The molecule has 24 heavy (non-hydrogen) atoms. The minimum Gasteiger partial charge on any atom is -0.503 e. The van der Waals surface area contributed by atoms with Gasteiger partial charge in [-0.25, -0.2) is 0 Å². The van der Waals surface area contributed by atoms with Crippen molar-refractivity contribution < 1.29 is 5.11 Å². The van der Waals surface area contributed by atoms with Gasteiger partial charge < -0.3 is 9.67 Å². The van der Waals surface area contributed by atoms with Crippen LogP contribution in [0.4, 0.5) is 0 Å². The summed E-state index contributed by atoms with van der Waals surface area (Å²) in [6.07, 6.45) is 11.4. The first kappa shape index (κ1) is 16.7. The van der Waals surface area contributed by atoms with E-state index in [0.29, 0.717) is 19.1 Å². The van der Waals surface area contributed by atoms with Gasteiger partial charge in [0, 0.05) is 43.3 Å². The molecule has 2 aromatic heterocycles. The highest BCUT2D eigenvalue weighted by Crippen LogP contribution is 2.23. The fraction of sp³-hybridized carbons (Fsp3) is 0.474. The van der Waals surface area contributed by atoms with Crippen LogP contribution >= 0.6 is 0 Å². The molecule has 1 N–H and O–H groups in total. The smallest absolute Gasteiger partial charge is 0.223 e. The van der Waals surface area contributed by atoms with Gasteiger partial charge in [-0.15, -0.1) is 0 Å². The number of rotatable bonds is 5. The van der Waals surface area contributed by atoms with E-state index in [0.717, 1.165) is 11.3 Å². The molecule has 5 nitrogen and oxygen atoms in total. The quantitative estimate of drug-likeness (QED) is 0.917. The maximum Gasteiger partial charge on any atom is 0.223 e. The van der Waals surface area contributed by atoms with Crippen molar-refractivity contribution >= 4 is 0 Å². The molecule has 5 heteroatoms. The first-order valence-corrected chi connectivity index (χ1v) is 8.65. The normalized spacial score (nSPS) is 15.8. The average molecular weight is 327 g/mol. The van der Waals surface area contributed by atoms with Gasteiger partial charge in [-0.2, -0.15) is 0 Å². The van der Waals surface area contributed by atoms with Crippen molar-refractivity contribution in [2.45, 2.75) is 51.2 Å².